The van der Waals surface area contributed by atoms with Crippen LogP contribution in [0.3, 0.4) is 0 Å². The van der Waals surface area contributed by atoms with Crippen molar-refractivity contribution in [1.29, 1.82) is 0 Å². The molecule has 6 nitrogen and oxygen atoms in total. The molecule has 2 atom stereocenters. The van der Waals surface area contributed by atoms with Gasteiger partial charge in [-0.3, -0.25) is 4.79 Å². The molecule has 9 heteroatoms. The van der Waals surface area contributed by atoms with E-state index in [4.69, 9.17) is 10.2 Å². The first-order chi connectivity index (χ1) is 9.74. The quantitative estimate of drug-likeness (QED) is 0.711. The lowest BCUT2D eigenvalue weighted by atomic mass is 9.84. The predicted octanol–water partition coefficient (Wildman–Crippen LogP) is 1.20. The minimum Gasteiger partial charge on any atom is -0.481 e. The first kappa shape index (κ1) is 17.5. The second kappa shape index (κ2) is 7.48. The molecular formula is C12H19F3N2O4. The minimum atomic E-state index is -4.58. The van der Waals surface area contributed by atoms with Gasteiger partial charge in [-0.1, -0.05) is 12.8 Å². The Morgan fingerprint density at radius 2 is 1.86 bits per heavy atom. The topological polar surface area (TPSA) is 89.9 Å². The van der Waals surface area contributed by atoms with Gasteiger partial charge in [-0.15, -0.1) is 0 Å². The second-order valence-corrected chi connectivity index (χ2v) is 5.05. The number of aliphatic carboxylic acids is 1. The molecule has 0 aromatic heterocycles. The number of carbonyl (C=O) groups excluding carboxylic acids is 1. The number of aliphatic hydroxyl groups is 1. The van der Waals surface area contributed by atoms with E-state index >= 15 is 0 Å². The van der Waals surface area contributed by atoms with E-state index < -0.39 is 49.8 Å². The highest BCUT2D eigenvalue weighted by molar-refractivity contribution is 5.77. The zero-order valence-corrected chi connectivity index (χ0v) is 11.4. The third-order valence-corrected chi connectivity index (χ3v) is 3.42. The fourth-order valence-electron chi connectivity index (χ4n) is 2.44. The maximum Gasteiger partial charge on any atom is 0.406 e. The smallest absolute Gasteiger partial charge is 0.406 e. The van der Waals surface area contributed by atoms with Crippen LogP contribution >= 0.6 is 0 Å². The largest absolute Gasteiger partial charge is 0.481 e. The number of rotatable bonds is 5. The Kier molecular flexibility index (Phi) is 6.25. The summed E-state index contributed by atoms with van der Waals surface area (Å²) >= 11 is 0. The van der Waals surface area contributed by atoms with E-state index in [0.717, 1.165) is 0 Å². The third kappa shape index (κ3) is 5.78. The van der Waals surface area contributed by atoms with Crippen molar-refractivity contribution in [2.75, 3.05) is 19.7 Å². The molecule has 122 valence electrons. The minimum absolute atomic E-state index is 0.388. The number of carboxylic acid groups (broad SMARTS) is 1. The van der Waals surface area contributed by atoms with Gasteiger partial charge in [0.05, 0.1) is 12.5 Å². The van der Waals surface area contributed by atoms with Crippen LogP contribution in [-0.2, 0) is 4.79 Å². The summed E-state index contributed by atoms with van der Waals surface area (Å²) in [5, 5.41) is 20.2. The molecule has 0 heterocycles. The molecule has 1 aliphatic carbocycles. The number of nitrogens with one attached hydrogen (secondary N) is 1. The number of carboxylic acids is 1. The average Bonchev–Trinajstić information content (AvgIpc) is 2.37. The molecule has 0 radical (unpaired) electrons. The van der Waals surface area contributed by atoms with Crippen molar-refractivity contribution in [3.8, 4) is 0 Å². The molecule has 1 fully saturated rings. The Morgan fingerprint density at radius 3 is 2.38 bits per heavy atom. The van der Waals surface area contributed by atoms with Gasteiger partial charge in [0.15, 0.2) is 0 Å². The van der Waals surface area contributed by atoms with E-state index in [1.165, 1.54) is 0 Å². The highest BCUT2D eigenvalue weighted by Gasteiger charge is 2.36. The Hall–Kier alpha value is -1.51. The van der Waals surface area contributed by atoms with Crippen molar-refractivity contribution in [2.45, 2.75) is 37.9 Å². The molecule has 0 aliphatic heterocycles. The molecule has 0 bridgehead atoms. The lowest BCUT2D eigenvalue weighted by molar-refractivity contribution is -0.144. The number of amides is 2. The molecule has 3 N–H and O–H groups in total. The van der Waals surface area contributed by atoms with Crippen molar-refractivity contribution in [2.24, 2.45) is 5.92 Å². The van der Waals surface area contributed by atoms with E-state index in [1.807, 2.05) is 0 Å². The maximum absolute atomic E-state index is 12.4. The van der Waals surface area contributed by atoms with Crippen molar-refractivity contribution < 1.29 is 33.0 Å². The van der Waals surface area contributed by atoms with Gasteiger partial charge in [-0.25, -0.2) is 4.79 Å². The Morgan fingerprint density at radius 1 is 1.24 bits per heavy atom. The van der Waals surface area contributed by atoms with Crippen molar-refractivity contribution in [3.63, 3.8) is 0 Å². The van der Waals surface area contributed by atoms with Crippen LogP contribution < -0.4 is 5.32 Å². The van der Waals surface area contributed by atoms with Gasteiger partial charge < -0.3 is 20.4 Å². The van der Waals surface area contributed by atoms with E-state index in [-0.39, 0.29) is 0 Å². The number of nitrogens with zero attached hydrogens (tertiary/aromatic N) is 1. The first-order valence-electron chi connectivity index (χ1n) is 6.70. The third-order valence-electron chi connectivity index (χ3n) is 3.42. The van der Waals surface area contributed by atoms with Gasteiger partial charge in [0.1, 0.15) is 6.54 Å². The normalized spacial score (nSPS) is 22.7. The molecule has 0 spiro atoms. The summed E-state index contributed by atoms with van der Waals surface area (Å²) in [5.74, 6) is -1.85. The van der Waals surface area contributed by atoms with E-state index in [9.17, 15) is 22.8 Å². The average molecular weight is 312 g/mol. The van der Waals surface area contributed by atoms with Gasteiger partial charge in [-0.05, 0) is 12.8 Å². The van der Waals surface area contributed by atoms with Crippen LogP contribution in [-0.4, -0.2) is 59.0 Å². The number of halogens is 3. The summed E-state index contributed by atoms with van der Waals surface area (Å²) in [4.78, 5) is 23.4. The van der Waals surface area contributed by atoms with Crippen LogP contribution in [0.4, 0.5) is 18.0 Å². The van der Waals surface area contributed by atoms with Gasteiger partial charge in [0.25, 0.3) is 0 Å². The summed E-state index contributed by atoms with van der Waals surface area (Å²) < 4.78 is 37.1. The highest BCUT2D eigenvalue weighted by atomic mass is 19.4. The molecule has 2 unspecified atom stereocenters. The molecule has 1 rings (SSSR count). The van der Waals surface area contributed by atoms with Crippen LogP contribution in [0.15, 0.2) is 0 Å². The van der Waals surface area contributed by atoms with Gasteiger partial charge in [0, 0.05) is 12.6 Å². The molecule has 21 heavy (non-hydrogen) atoms. The van der Waals surface area contributed by atoms with E-state index in [0.29, 0.717) is 30.6 Å². The summed E-state index contributed by atoms with van der Waals surface area (Å²) in [5.41, 5.74) is 0. The van der Waals surface area contributed by atoms with Gasteiger partial charge in [-0.2, -0.15) is 13.2 Å². The summed E-state index contributed by atoms with van der Waals surface area (Å²) in [6.45, 7) is -2.55. The van der Waals surface area contributed by atoms with Gasteiger partial charge >= 0.3 is 18.2 Å². The van der Waals surface area contributed by atoms with Crippen molar-refractivity contribution >= 4 is 12.0 Å². The lowest BCUT2D eigenvalue weighted by Crippen LogP contribution is -2.52. The van der Waals surface area contributed by atoms with Crippen LogP contribution in [0.2, 0.25) is 0 Å². The first-order valence-corrected chi connectivity index (χ1v) is 6.70. The summed E-state index contributed by atoms with van der Waals surface area (Å²) in [7, 11) is 0. The number of aliphatic hydroxyl groups excluding tert-OH is 1. The second-order valence-electron chi connectivity index (χ2n) is 5.05. The maximum atomic E-state index is 12.4. The SMILES string of the molecule is O=C(O)C1CCCCC1NC(=O)N(CCO)CC(F)(F)F. The molecule has 1 aliphatic rings. The Bertz CT molecular complexity index is 376. The molecule has 0 aromatic carbocycles. The van der Waals surface area contributed by atoms with E-state index in [2.05, 4.69) is 5.32 Å². The number of alkyl halides is 3. The summed E-state index contributed by atoms with van der Waals surface area (Å²) in [6, 6.07) is -1.68. The number of carbonyl (C=O) groups is 2. The van der Waals surface area contributed by atoms with Crippen LogP contribution in [0.25, 0.3) is 0 Å². The lowest BCUT2D eigenvalue weighted by Gasteiger charge is -2.32. The number of hydrogen-bond donors (Lipinski definition) is 3. The monoisotopic (exact) mass is 312 g/mol. The molecule has 1 saturated carbocycles. The highest BCUT2D eigenvalue weighted by Crippen LogP contribution is 2.25. The molecular weight excluding hydrogens is 293 g/mol. The van der Waals surface area contributed by atoms with Crippen molar-refractivity contribution in [1.82, 2.24) is 10.2 Å². The van der Waals surface area contributed by atoms with Crippen LogP contribution in [0, 0.1) is 5.92 Å². The summed E-state index contributed by atoms with van der Waals surface area (Å²) in [6.07, 6.45) is -2.34. The Labute approximate surface area is 119 Å². The zero-order valence-electron chi connectivity index (χ0n) is 11.4. The molecule has 2 amide bonds. The molecule has 0 saturated heterocycles. The molecule has 0 aromatic rings. The van der Waals surface area contributed by atoms with Crippen LogP contribution in [0.1, 0.15) is 25.7 Å². The van der Waals surface area contributed by atoms with Crippen LogP contribution in [0.5, 0.6) is 0 Å². The Balaban J connectivity index is 2.68. The van der Waals surface area contributed by atoms with E-state index in [1.54, 1.807) is 0 Å². The zero-order chi connectivity index (χ0) is 16.0. The number of hydrogen-bond acceptors (Lipinski definition) is 3. The number of urea groups is 1. The van der Waals surface area contributed by atoms with Gasteiger partial charge in [0.2, 0.25) is 0 Å². The predicted molar refractivity (Wildman–Crippen MR) is 66.6 cm³/mol. The standard InChI is InChI=1S/C12H19F3N2O4/c13-12(14,15)7-17(5-6-18)11(21)16-9-4-2-1-3-8(9)10(19)20/h8-9,18H,1-7H2,(H,16,21)(H,19,20). The fourth-order valence-corrected chi connectivity index (χ4v) is 2.44. The fraction of sp³-hybridized carbons (Fsp3) is 0.833. The van der Waals surface area contributed by atoms with Crippen molar-refractivity contribution in [3.05, 3.63) is 0 Å².